The molecule has 0 saturated carbocycles. The van der Waals surface area contributed by atoms with E-state index in [9.17, 15) is 9.59 Å². The lowest BCUT2D eigenvalue weighted by Gasteiger charge is -2.19. The largest absolute Gasteiger partial charge is 0.496 e. The maximum atomic E-state index is 12.4. The van der Waals surface area contributed by atoms with E-state index in [0.29, 0.717) is 24.3 Å². The molecular weight excluding hydrogens is 308 g/mol. The lowest BCUT2D eigenvalue weighted by molar-refractivity contribution is -0.150. The molecule has 1 fully saturated rings. The van der Waals surface area contributed by atoms with Crippen LogP contribution in [0.15, 0.2) is 35.4 Å². The summed E-state index contributed by atoms with van der Waals surface area (Å²) in [5, 5.41) is 0. The van der Waals surface area contributed by atoms with Crippen molar-refractivity contribution in [3.05, 3.63) is 41.0 Å². The van der Waals surface area contributed by atoms with Crippen molar-refractivity contribution in [2.75, 3.05) is 13.7 Å². The van der Waals surface area contributed by atoms with Crippen LogP contribution in [0.2, 0.25) is 0 Å². The summed E-state index contributed by atoms with van der Waals surface area (Å²) in [6.07, 6.45) is 0.0589. The van der Waals surface area contributed by atoms with Crippen LogP contribution < -0.4 is 4.74 Å². The van der Waals surface area contributed by atoms with E-state index in [1.807, 2.05) is 32.9 Å². The Balaban J connectivity index is 2.08. The van der Waals surface area contributed by atoms with E-state index in [4.69, 9.17) is 14.2 Å². The first-order valence-electron chi connectivity index (χ1n) is 8.06. The Morgan fingerprint density at radius 1 is 1.25 bits per heavy atom. The molecule has 1 aliphatic heterocycles. The number of carbonyl (C=O) groups is 2. The van der Waals surface area contributed by atoms with E-state index in [-0.39, 0.29) is 6.42 Å². The lowest BCUT2D eigenvalue weighted by Crippen LogP contribution is -2.22. The van der Waals surface area contributed by atoms with Gasteiger partial charge in [0.05, 0.1) is 20.1 Å². The van der Waals surface area contributed by atoms with Crippen molar-refractivity contribution in [2.24, 2.45) is 5.92 Å². The smallest absolute Gasteiger partial charge is 0.313 e. The molecule has 1 saturated heterocycles. The second kappa shape index (κ2) is 7.99. The molecule has 2 atom stereocenters. The van der Waals surface area contributed by atoms with Gasteiger partial charge in [0.1, 0.15) is 17.8 Å². The van der Waals surface area contributed by atoms with Gasteiger partial charge in [-0.15, -0.1) is 0 Å². The van der Waals surface area contributed by atoms with E-state index in [1.165, 1.54) is 11.1 Å². The van der Waals surface area contributed by atoms with Crippen molar-refractivity contribution in [3.63, 3.8) is 0 Å². The Kier molecular flexibility index (Phi) is 6.01. The number of hydrogen-bond donors (Lipinski definition) is 0. The molecule has 1 heterocycles. The summed E-state index contributed by atoms with van der Waals surface area (Å²) >= 11 is 0. The number of esters is 2. The second-order valence-corrected chi connectivity index (χ2v) is 6.16. The van der Waals surface area contributed by atoms with Gasteiger partial charge in [0.2, 0.25) is 0 Å². The molecule has 1 aromatic rings. The number of methoxy groups -OCH3 is 1. The number of allylic oxidation sites excluding steroid dienone is 1. The predicted octanol–water partition coefficient (Wildman–Crippen LogP) is 3.59. The monoisotopic (exact) mass is 332 g/mol. The quantitative estimate of drug-likeness (QED) is 0.588. The molecule has 24 heavy (non-hydrogen) atoms. The Hall–Kier alpha value is -2.30. The average molecular weight is 332 g/mol. The Morgan fingerprint density at radius 2 is 1.96 bits per heavy atom. The van der Waals surface area contributed by atoms with Crippen molar-refractivity contribution in [2.45, 2.75) is 39.7 Å². The highest BCUT2D eigenvalue weighted by atomic mass is 16.6. The van der Waals surface area contributed by atoms with Gasteiger partial charge in [-0.3, -0.25) is 9.59 Å². The molecule has 0 bridgehead atoms. The molecule has 0 amide bonds. The number of para-hydroxylation sites is 1. The maximum absolute atomic E-state index is 12.4. The SMILES string of the molecule is COc1ccccc1[C@@H]1OC(=O)C[C@@H]1C(=O)OCCC(C)=C(C)C. The number of rotatable bonds is 6. The molecule has 1 aromatic carbocycles. The fraction of sp³-hybridized carbons (Fsp3) is 0.474. The Labute approximate surface area is 142 Å². The molecule has 0 N–H and O–H groups in total. The first-order chi connectivity index (χ1) is 11.4. The molecule has 130 valence electrons. The minimum Gasteiger partial charge on any atom is -0.496 e. The van der Waals surface area contributed by atoms with Gasteiger partial charge in [0.25, 0.3) is 0 Å². The van der Waals surface area contributed by atoms with Crippen LogP contribution in [0.1, 0.15) is 45.3 Å². The molecule has 0 radical (unpaired) electrons. The standard InChI is InChI=1S/C19H24O5/c1-12(2)13(3)9-10-23-19(21)15-11-17(20)24-18(15)14-7-5-6-8-16(14)22-4/h5-8,15,18H,9-11H2,1-4H3/t15-,18-/m0/s1. The first-order valence-corrected chi connectivity index (χ1v) is 8.06. The summed E-state index contributed by atoms with van der Waals surface area (Å²) < 4.78 is 16.0. The van der Waals surface area contributed by atoms with Crippen LogP contribution in [0.5, 0.6) is 5.75 Å². The zero-order chi connectivity index (χ0) is 17.7. The van der Waals surface area contributed by atoms with E-state index in [2.05, 4.69) is 0 Å². The molecule has 5 nitrogen and oxygen atoms in total. The fourth-order valence-corrected chi connectivity index (χ4v) is 2.61. The van der Waals surface area contributed by atoms with Crippen LogP contribution in [-0.2, 0) is 19.1 Å². The third-order valence-electron chi connectivity index (χ3n) is 4.33. The van der Waals surface area contributed by atoms with E-state index < -0.39 is 24.0 Å². The van der Waals surface area contributed by atoms with Crippen molar-refractivity contribution in [1.29, 1.82) is 0 Å². The second-order valence-electron chi connectivity index (χ2n) is 6.16. The highest BCUT2D eigenvalue weighted by Crippen LogP contribution is 2.40. The lowest BCUT2D eigenvalue weighted by atomic mass is 9.94. The molecule has 0 unspecified atom stereocenters. The van der Waals surface area contributed by atoms with Crippen molar-refractivity contribution < 1.29 is 23.8 Å². The van der Waals surface area contributed by atoms with E-state index >= 15 is 0 Å². The zero-order valence-corrected chi connectivity index (χ0v) is 14.6. The summed E-state index contributed by atoms with van der Waals surface area (Å²) in [4.78, 5) is 24.1. The minimum atomic E-state index is -0.661. The topological polar surface area (TPSA) is 61.8 Å². The molecular formula is C19H24O5. The average Bonchev–Trinajstić information content (AvgIpc) is 2.96. The summed E-state index contributed by atoms with van der Waals surface area (Å²) in [6.45, 7) is 6.37. The van der Waals surface area contributed by atoms with Crippen molar-refractivity contribution in [1.82, 2.24) is 0 Å². The normalized spacial score (nSPS) is 19.6. The van der Waals surface area contributed by atoms with Crippen LogP contribution in [0.4, 0.5) is 0 Å². The molecule has 1 aliphatic rings. The first kappa shape index (κ1) is 18.0. The van der Waals surface area contributed by atoms with Gasteiger partial charge in [0.15, 0.2) is 0 Å². The van der Waals surface area contributed by atoms with Gasteiger partial charge in [0, 0.05) is 12.0 Å². The molecule has 2 rings (SSSR count). The maximum Gasteiger partial charge on any atom is 0.313 e. The van der Waals surface area contributed by atoms with Crippen LogP contribution in [-0.4, -0.2) is 25.7 Å². The minimum absolute atomic E-state index is 0.0309. The summed E-state index contributed by atoms with van der Waals surface area (Å²) in [5.74, 6) is -0.845. The van der Waals surface area contributed by atoms with Crippen LogP contribution in [0.3, 0.4) is 0 Å². The molecule has 5 heteroatoms. The number of hydrogen-bond acceptors (Lipinski definition) is 5. The van der Waals surface area contributed by atoms with Crippen molar-refractivity contribution >= 4 is 11.9 Å². The predicted molar refractivity (Wildman–Crippen MR) is 89.6 cm³/mol. The van der Waals surface area contributed by atoms with Gasteiger partial charge in [-0.25, -0.2) is 0 Å². The number of carbonyl (C=O) groups excluding carboxylic acids is 2. The van der Waals surface area contributed by atoms with Gasteiger partial charge in [-0.2, -0.15) is 0 Å². The van der Waals surface area contributed by atoms with E-state index in [1.54, 1.807) is 19.2 Å². The Bertz CT molecular complexity index is 643. The van der Waals surface area contributed by atoms with Crippen LogP contribution >= 0.6 is 0 Å². The molecule has 0 spiro atoms. The summed E-state index contributed by atoms with van der Waals surface area (Å²) in [5.41, 5.74) is 3.11. The third-order valence-corrected chi connectivity index (χ3v) is 4.33. The molecule has 0 aromatic heterocycles. The number of benzene rings is 1. The summed E-state index contributed by atoms with van der Waals surface area (Å²) in [6, 6.07) is 7.23. The van der Waals surface area contributed by atoms with Crippen LogP contribution in [0.25, 0.3) is 0 Å². The Morgan fingerprint density at radius 3 is 2.62 bits per heavy atom. The van der Waals surface area contributed by atoms with Crippen LogP contribution in [0, 0.1) is 5.92 Å². The van der Waals surface area contributed by atoms with Gasteiger partial charge in [-0.1, -0.05) is 29.3 Å². The highest BCUT2D eigenvalue weighted by molar-refractivity contribution is 5.84. The van der Waals surface area contributed by atoms with Gasteiger partial charge < -0.3 is 14.2 Å². The van der Waals surface area contributed by atoms with E-state index in [0.717, 1.165) is 0 Å². The number of ether oxygens (including phenoxy) is 3. The van der Waals surface area contributed by atoms with Crippen molar-refractivity contribution in [3.8, 4) is 5.75 Å². The number of cyclic esters (lactones) is 1. The highest BCUT2D eigenvalue weighted by Gasteiger charge is 2.43. The van der Waals surface area contributed by atoms with Gasteiger partial charge in [-0.05, 0) is 26.8 Å². The zero-order valence-electron chi connectivity index (χ0n) is 14.6. The summed E-state index contributed by atoms with van der Waals surface area (Å²) in [7, 11) is 1.55. The third kappa shape index (κ3) is 4.16. The van der Waals surface area contributed by atoms with Gasteiger partial charge >= 0.3 is 11.9 Å². The fourth-order valence-electron chi connectivity index (χ4n) is 2.61. The molecule has 0 aliphatic carbocycles.